The van der Waals surface area contributed by atoms with Crippen molar-refractivity contribution < 1.29 is 0 Å². The van der Waals surface area contributed by atoms with Crippen molar-refractivity contribution in [2.45, 2.75) is 44.4 Å². The molecular weight excluding hydrogens is 210 g/mol. The van der Waals surface area contributed by atoms with Crippen LogP contribution in [-0.4, -0.2) is 23.1 Å². The molecule has 2 fully saturated rings. The monoisotopic (exact) mass is 231 g/mol. The van der Waals surface area contributed by atoms with Crippen molar-refractivity contribution in [3.05, 3.63) is 23.8 Å². The molecule has 3 nitrogen and oxygen atoms in total. The average molecular weight is 231 g/mol. The Bertz CT molecular complexity index is 365. The molecule has 0 bridgehead atoms. The summed E-state index contributed by atoms with van der Waals surface area (Å²) in [6, 6.07) is 2.09. The van der Waals surface area contributed by atoms with Gasteiger partial charge in [-0.25, -0.2) is 9.97 Å². The van der Waals surface area contributed by atoms with Crippen LogP contribution in [-0.2, 0) is 6.42 Å². The standard InChI is InChI=1S/C14H21N3/c1-2-7-15-10-11(3-1)9-14-16-8-6-13(17-14)12-4-5-12/h6,8,11-12,15H,1-5,7,9-10H2. The molecule has 0 aromatic carbocycles. The molecule has 1 N–H and O–H groups in total. The molecule has 2 heterocycles. The first-order chi connectivity index (χ1) is 8.42. The fraction of sp³-hybridized carbons (Fsp3) is 0.714. The summed E-state index contributed by atoms with van der Waals surface area (Å²) in [6.07, 6.45) is 9.63. The number of hydrogen-bond acceptors (Lipinski definition) is 3. The predicted octanol–water partition coefficient (Wildman–Crippen LogP) is 2.29. The van der Waals surface area contributed by atoms with E-state index in [1.807, 2.05) is 6.20 Å². The number of hydrogen-bond donors (Lipinski definition) is 1. The summed E-state index contributed by atoms with van der Waals surface area (Å²) in [7, 11) is 0. The molecule has 0 amide bonds. The maximum atomic E-state index is 4.72. The first-order valence-corrected chi connectivity index (χ1v) is 6.94. The second-order valence-electron chi connectivity index (χ2n) is 5.44. The van der Waals surface area contributed by atoms with Crippen molar-refractivity contribution in [1.29, 1.82) is 0 Å². The zero-order valence-electron chi connectivity index (χ0n) is 10.4. The molecule has 3 heteroatoms. The van der Waals surface area contributed by atoms with Crippen molar-refractivity contribution in [2.24, 2.45) is 5.92 Å². The normalized spacial score (nSPS) is 25.5. The number of nitrogens with zero attached hydrogens (tertiary/aromatic N) is 2. The summed E-state index contributed by atoms with van der Waals surface area (Å²) in [5.74, 6) is 2.53. The minimum atomic E-state index is 0.729. The molecule has 2 aliphatic rings. The van der Waals surface area contributed by atoms with Gasteiger partial charge in [-0.3, -0.25) is 0 Å². The fourth-order valence-electron chi connectivity index (χ4n) is 2.64. The van der Waals surface area contributed by atoms with Crippen LogP contribution < -0.4 is 5.32 Å². The van der Waals surface area contributed by atoms with Gasteiger partial charge in [0.25, 0.3) is 0 Å². The Kier molecular flexibility index (Phi) is 3.36. The Morgan fingerprint density at radius 1 is 1.24 bits per heavy atom. The molecule has 1 saturated heterocycles. The molecule has 17 heavy (non-hydrogen) atoms. The van der Waals surface area contributed by atoms with Gasteiger partial charge in [0, 0.05) is 24.2 Å². The molecule has 1 aromatic rings. The van der Waals surface area contributed by atoms with Gasteiger partial charge < -0.3 is 5.32 Å². The maximum Gasteiger partial charge on any atom is 0.128 e. The lowest BCUT2D eigenvalue weighted by atomic mass is 9.99. The zero-order valence-corrected chi connectivity index (χ0v) is 10.4. The van der Waals surface area contributed by atoms with Crippen LogP contribution in [0.2, 0.25) is 0 Å². The highest BCUT2D eigenvalue weighted by molar-refractivity contribution is 5.14. The van der Waals surface area contributed by atoms with Crippen molar-refractivity contribution in [2.75, 3.05) is 13.1 Å². The molecule has 1 atom stereocenters. The summed E-state index contributed by atoms with van der Waals surface area (Å²) in [5.41, 5.74) is 1.27. The number of aromatic nitrogens is 2. The summed E-state index contributed by atoms with van der Waals surface area (Å²) in [6.45, 7) is 2.32. The third-order valence-corrected chi connectivity index (χ3v) is 3.84. The van der Waals surface area contributed by atoms with E-state index in [1.165, 1.54) is 44.3 Å². The molecule has 1 aromatic heterocycles. The van der Waals surface area contributed by atoms with Crippen LogP contribution in [0.15, 0.2) is 12.3 Å². The van der Waals surface area contributed by atoms with E-state index in [4.69, 9.17) is 4.98 Å². The van der Waals surface area contributed by atoms with Crippen LogP contribution in [0.1, 0.15) is 49.5 Å². The molecule has 0 radical (unpaired) electrons. The smallest absolute Gasteiger partial charge is 0.128 e. The van der Waals surface area contributed by atoms with Gasteiger partial charge in [0.05, 0.1) is 0 Å². The van der Waals surface area contributed by atoms with Crippen LogP contribution in [0.3, 0.4) is 0 Å². The minimum Gasteiger partial charge on any atom is -0.316 e. The van der Waals surface area contributed by atoms with Crippen LogP contribution in [0.4, 0.5) is 0 Å². The largest absolute Gasteiger partial charge is 0.316 e. The molecular formula is C14H21N3. The Morgan fingerprint density at radius 2 is 2.18 bits per heavy atom. The molecule has 1 aliphatic carbocycles. The highest BCUT2D eigenvalue weighted by Gasteiger charge is 2.25. The van der Waals surface area contributed by atoms with Crippen molar-refractivity contribution in [1.82, 2.24) is 15.3 Å². The topological polar surface area (TPSA) is 37.8 Å². The highest BCUT2D eigenvalue weighted by atomic mass is 14.9. The van der Waals surface area contributed by atoms with Gasteiger partial charge in [0.2, 0.25) is 0 Å². The SMILES string of the molecule is c1cc(C2CC2)nc(CC2CCCCNC2)n1. The minimum absolute atomic E-state index is 0.729. The fourth-order valence-corrected chi connectivity index (χ4v) is 2.64. The lowest BCUT2D eigenvalue weighted by Gasteiger charge is -2.13. The van der Waals surface area contributed by atoms with Gasteiger partial charge in [0.1, 0.15) is 5.82 Å². The Morgan fingerprint density at radius 3 is 3.06 bits per heavy atom. The lowest BCUT2D eigenvalue weighted by Crippen LogP contribution is -2.22. The van der Waals surface area contributed by atoms with E-state index >= 15 is 0 Å². The van der Waals surface area contributed by atoms with E-state index < -0.39 is 0 Å². The molecule has 1 unspecified atom stereocenters. The molecule has 3 rings (SSSR count). The van der Waals surface area contributed by atoms with Gasteiger partial charge in [-0.1, -0.05) is 6.42 Å². The predicted molar refractivity (Wildman–Crippen MR) is 67.9 cm³/mol. The van der Waals surface area contributed by atoms with Gasteiger partial charge in [-0.15, -0.1) is 0 Å². The van der Waals surface area contributed by atoms with Crippen LogP contribution in [0.25, 0.3) is 0 Å². The maximum absolute atomic E-state index is 4.72. The van der Waals surface area contributed by atoms with E-state index in [1.54, 1.807) is 0 Å². The van der Waals surface area contributed by atoms with Crippen LogP contribution in [0, 0.1) is 5.92 Å². The van der Waals surface area contributed by atoms with Crippen molar-refractivity contribution in [3.63, 3.8) is 0 Å². The second kappa shape index (κ2) is 5.13. The van der Waals surface area contributed by atoms with E-state index in [0.717, 1.165) is 30.6 Å². The van der Waals surface area contributed by atoms with Crippen LogP contribution >= 0.6 is 0 Å². The number of rotatable bonds is 3. The molecule has 92 valence electrons. The van der Waals surface area contributed by atoms with E-state index in [0.29, 0.717) is 0 Å². The molecule has 1 saturated carbocycles. The summed E-state index contributed by atoms with van der Waals surface area (Å²) < 4.78 is 0. The average Bonchev–Trinajstić information content (AvgIpc) is 3.17. The third kappa shape index (κ3) is 3.03. The van der Waals surface area contributed by atoms with E-state index in [-0.39, 0.29) is 0 Å². The molecule has 1 aliphatic heterocycles. The Labute approximate surface area is 103 Å². The van der Waals surface area contributed by atoms with Crippen molar-refractivity contribution in [3.8, 4) is 0 Å². The van der Waals surface area contributed by atoms with Gasteiger partial charge >= 0.3 is 0 Å². The van der Waals surface area contributed by atoms with Gasteiger partial charge in [-0.2, -0.15) is 0 Å². The third-order valence-electron chi connectivity index (χ3n) is 3.84. The molecule has 0 spiro atoms. The van der Waals surface area contributed by atoms with Gasteiger partial charge in [-0.05, 0) is 50.8 Å². The zero-order chi connectivity index (χ0) is 11.5. The Balaban J connectivity index is 1.64. The van der Waals surface area contributed by atoms with Gasteiger partial charge in [0.15, 0.2) is 0 Å². The summed E-state index contributed by atoms with van der Waals surface area (Å²) >= 11 is 0. The summed E-state index contributed by atoms with van der Waals surface area (Å²) in [5, 5.41) is 3.51. The second-order valence-corrected chi connectivity index (χ2v) is 5.44. The van der Waals surface area contributed by atoms with Crippen LogP contribution in [0.5, 0.6) is 0 Å². The number of nitrogens with one attached hydrogen (secondary N) is 1. The lowest BCUT2D eigenvalue weighted by molar-refractivity contribution is 0.466. The Hall–Kier alpha value is -0.960. The highest BCUT2D eigenvalue weighted by Crippen LogP contribution is 2.38. The quantitative estimate of drug-likeness (QED) is 0.867. The first kappa shape index (κ1) is 11.1. The first-order valence-electron chi connectivity index (χ1n) is 6.94. The van der Waals surface area contributed by atoms with E-state index in [9.17, 15) is 0 Å². The summed E-state index contributed by atoms with van der Waals surface area (Å²) in [4.78, 5) is 9.16. The van der Waals surface area contributed by atoms with E-state index in [2.05, 4.69) is 16.4 Å². The van der Waals surface area contributed by atoms with Crippen molar-refractivity contribution >= 4 is 0 Å².